The number of hydrogen-bond donors (Lipinski definition) is 1. The fraction of sp³-hybridized carbons (Fsp3) is 0.500. The number of nitrogens with zero attached hydrogens (tertiary/aromatic N) is 2. The zero-order valence-electron chi connectivity index (χ0n) is 12.0. The van der Waals surface area contributed by atoms with Crippen LogP contribution in [0, 0.1) is 23.1 Å². The number of hydrogen-bond acceptors (Lipinski definition) is 3. The molecule has 5 heteroatoms. The van der Waals surface area contributed by atoms with E-state index in [0.29, 0.717) is 18.9 Å². The van der Waals surface area contributed by atoms with Crippen molar-refractivity contribution in [2.75, 3.05) is 13.1 Å². The molecule has 1 amide bonds. The van der Waals surface area contributed by atoms with Crippen molar-refractivity contribution >= 4 is 5.91 Å². The van der Waals surface area contributed by atoms with E-state index in [1.54, 1.807) is 6.07 Å². The topological polar surface area (TPSA) is 70.1 Å². The van der Waals surface area contributed by atoms with Crippen LogP contribution in [-0.2, 0) is 11.3 Å². The summed E-state index contributed by atoms with van der Waals surface area (Å²) in [6.45, 7) is 2.50. The van der Waals surface area contributed by atoms with E-state index in [2.05, 4.69) is 4.90 Å². The van der Waals surface area contributed by atoms with E-state index >= 15 is 0 Å². The van der Waals surface area contributed by atoms with Crippen molar-refractivity contribution in [1.29, 1.82) is 5.26 Å². The van der Waals surface area contributed by atoms with Gasteiger partial charge in [0.15, 0.2) is 0 Å². The standard InChI is InChI=1S/C16H20FN3O/c17-15-8-13(3-4-14(15)10-18)11-20-6-1-2-12(5-7-20)9-16(19)21/h3-4,8,12H,1-2,5-7,9,11H2,(H2,19,21). The van der Waals surface area contributed by atoms with Gasteiger partial charge in [-0.05, 0) is 56.0 Å². The fourth-order valence-corrected chi connectivity index (χ4v) is 2.88. The summed E-state index contributed by atoms with van der Waals surface area (Å²) in [7, 11) is 0. The molecule has 1 atom stereocenters. The molecule has 1 aliphatic rings. The molecule has 1 aromatic carbocycles. The number of carbonyl (C=O) groups excluding carboxylic acids is 1. The third kappa shape index (κ3) is 4.54. The van der Waals surface area contributed by atoms with Crippen LogP contribution in [0.25, 0.3) is 0 Å². The first-order chi connectivity index (χ1) is 10.1. The zero-order chi connectivity index (χ0) is 15.2. The second-order valence-corrected chi connectivity index (χ2v) is 5.67. The maximum Gasteiger partial charge on any atom is 0.217 e. The van der Waals surface area contributed by atoms with Crippen LogP contribution in [0.2, 0.25) is 0 Å². The minimum absolute atomic E-state index is 0.0798. The van der Waals surface area contributed by atoms with E-state index in [-0.39, 0.29) is 11.5 Å². The van der Waals surface area contributed by atoms with Gasteiger partial charge in [-0.15, -0.1) is 0 Å². The molecule has 1 aliphatic heterocycles. The molecule has 1 aromatic rings. The summed E-state index contributed by atoms with van der Waals surface area (Å²) in [4.78, 5) is 13.3. The summed E-state index contributed by atoms with van der Waals surface area (Å²) in [6, 6.07) is 6.59. The number of carbonyl (C=O) groups is 1. The quantitative estimate of drug-likeness (QED) is 0.923. The fourth-order valence-electron chi connectivity index (χ4n) is 2.88. The molecule has 0 spiro atoms. The number of benzene rings is 1. The lowest BCUT2D eigenvalue weighted by Gasteiger charge is -2.20. The van der Waals surface area contributed by atoms with Crippen LogP contribution < -0.4 is 5.73 Å². The van der Waals surface area contributed by atoms with Gasteiger partial charge in [-0.3, -0.25) is 9.69 Å². The van der Waals surface area contributed by atoms with Gasteiger partial charge in [-0.2, -0.15) is 5.26 Å². The van der Waals surface area contributed by atoms with Crippen molar-refractivity contribution in [3.05, 3.63) is 35.1 Å². The van der Waals surface area contributed by atoms with Crippen molar-refractivity contribution in [2.24, 2.45) is 11.7 Å². The Bertz CT molecular complexity index is 553. The first-order valence-corrected chi connectivity index (χ1v) is 7.27. The van der Waals surface area contributed by atoms with E-state index < -0.39 is 5.82 Å². The van der Waals surface area contributed by atoms with Crippen molar-refractivity contribution in [3.63, 3.8) is 0 Å². The van der Waals surface area contributed by atoms with Crippen LogP contribution in [-0.4, -0.2) is 23.9 Å². The molecule has 0 bridgehead atoms. The van der Waals surface area contributed by atoms with Gasteiger partial charge in [0.2, 0.25) is 5.91 Å². The van der Waals surface area contributed by atoms with E-state index in [0.717, 1.165) is 37.9 Å². The minimum Gasteiger partial charge on any atom is -0.370 e. The summed E-state index contributed by atoms with van der Waals surface area (Å²) in [6.07, 6.45) is 3.44. The lowest BCUT2D eigenvalue weighted by atomic mass is 9.97. The SMILES string of the molecule is N#Cc1ccc(CN2CCCC(CC(N)=O)CC2)cc1F. The van der Waals surface area contributed by atoms with Gasteiger partial charge in [-0.1, -0.05) is 6.07 Å². The number of halogens is 1. The van der Waals surface area contributed by atoms with E-state index in [1.807, 2.05) is 6.07 Å². The number of amides is 1. The number of likely N-dealkylation sites (tertiary alicyclic amines) is 1. The highest BCUT2D eigenvalue weighted by Gasteiger charge is 2.18. The predicted octanol–water partition coefficient (Wildman–Crippen LogP) is 2.17. The van der Waals surface area contributed by atoms with Crippen molar-refractivity contribution < 1.29 is 9.18 Å². The molecule has 2 N–H and O–H groups in total. The Morgan fingerprint density at radius 3 is 2.90 bits per heavy atom. The highest BCUT2D eigenvalue weighted by Crippen LogP contribution is 2.22. The molecule has 4 nitrogen and oxygen atoms in total. The zero-order valence-corrected chi connectivity index (χ0v) is 12.0. The molecular formula is C16H20FN3O. The van der Waals surface area contributed by atoms with Gasteiger partial charge in [0.05, 0.1) is 5.56 Å². The molecule has 112 valence electrons. The molecule has 21 heavy (non-hydrogen) atoms. The largest absolute Gasteiger partial charge is 0.370 e. The highest BCUT2D eigenvalue weighted by molar-refractivity contribution is 5.73. The molecule has 0 saturated carbocycles. The van der Waals surface area contributed by atoms with Gasteiger partial charge in [0, 0.05) is 13.0 Å². The Balaban J connectivity index is 1.93. The lowest BCUT2D eigenvalue weighted by Crippen LogP contribution is -2.24. The monoisotopic (exact) mass is 289 g/mol. The number of nitrogens with two attached hydrogens (primary N) is 1. The smallest absolute Gasteiger partial charge is 0.217 e. The molecule has 2 rings (SSSR count). The summed E-state index contributed by atoms with van der Waals surface area (Å²) in [5, 5.41) is 8.73. The first-order valence-electron chi connectivity index (χ1n) is 7.27. The molecule has 1 heterocycles. The van der Waals surface area contributed by atoms with E-state index in [4.69, 9.17) is 11.0 Å². The number of primary amides is 1. The van der Waals surface area contributed by atoms with Crippen LogP contribution in [0.1, 0.15) is 36.8 Å². The van der Waals surface area contributed by atoms with Gasteiger partial charge in [0.1, 0.15) is 11.9 Å². The van der Waals surface area contributed by atoms with Crippen molar-refractivity contribution in [2.45, 2.75) is 32.2 Å². The van der Waals surface area contributed by atoms with E-state index in [1.165, 1.54) is 12.1 Å². The van der Waals surface area contributed by atoms with Gasteiger partial charge in [-0.25, -0.2) is 4.39 Å². The summed E-state index contributed by atoms with van der Waals surface area (Å²) in [5.74, 6) is -0.329. The molecule has 1 unspecified atom stereocenters. The molecule has 0 radical (unpaired) electrons. The van der Waals surface area contributed by atoms with Gasteiger partial charge >= 0.3 is 0 Å². The van der Waals surface area contributed by atoms with Crippen LogP contribution >= 0.6 is 0 Å². The average molecular weight is 289 g/mol. The summed E-state index contributed by atoms with van der Waals surface area (Å²) < 4.78 is 13.6. The van der Waals surface area contributed by atoms with Crippen LogP contribution in [0.4, 0.5) is 4.39 Å². The normalized spacial score (nSPS) is 19.7. The third-order valence-corrected chi connectivity index (χ3v) is 3.99. The maximum absolute atomic E-state index is 13.6. The Morgan fingerprint density at radius 1 is 1.43 bits per heavy atom. The Kier molecular flexibility index (Phi) is 5.29. The Labute approximate surface area is 124 Å². The number of nitriles is 1. The average Bonchev–Trinajstić information content (AvgIpc) is 2.64. The maximum atomic E-state index is 13.6. The lowest BCUT2D eigenvalue weighted by molar-refractivity contribution is -0.119. The van der Waals surface area contributed by atoms with Gasteiger partial charge < -0.3 is 5.73 Å². The Morgan fingerprint density at radius 2 is 2.24 bits per heavy atom. The molecule has 0 aliphatic carbocycles. The molecular weight excluding hydrogens is 269 g/mol. The number of rotatable bonds is 4. The summed E-state index contributed by atoms with van der Waals surface area (Å²) >= 11 is 0. The highest BCUT2D eigenvalue weighted by atomic mass is 19.1. The second kappa shape index (κ2) is 7.19. The predicted molar refractivity (Wildman–Crippen MR) is 77.5 cm³/mol. The van der Waals surface area contributed by atoms with Crippen LogP contribution in [0.3, 0.4) is 0 Å². The van der Waals surface area contributed by atoms with Crippen LogP contribution in [0.15, 0.2) is 18.2 Å². The molecule has 0 aromatic heterocycles. The van der Waals surface area contributed by atoms with Crippen LogP contribution in [0.5, 0.6) is 0 Å². The van der Waals surface area contributed by atoms with Crippen molar-refractivity contribution in [1.82, 2.24) is 4.90 Å². The van der Waals surface area contributed by atoms with E-state index in [9.17, 15) is 9.18 Å². The summed E-state index contributed by atoms with van der Waals surface area (Å²) in [5.41, 5.74) is 6.21. The molecule has 1 saturated heterocycles. The van der Waals surface area contributed by atoms with Crippen molar-refractivity contribution in [3.8, 4) is 6.07 Å². The van der Waals surface area contributed by atoms with Gasteiger partial charge in [0.25, 0.3) is 0 Å². The molecule has 1 fully saturated rings. The second-order valence-electron chi connectivity index (χ2n) is 5.67. The first kappa shape index (κ1) is 15.5. The minimum atomic E-state index is -0.462. The third-order valence-electron chi connectivity index (χ3n) is 3.99. The Hall–Kier alpha value is -1.93.